The van der Waals surface area contributed by atoms with E-state index in [1.807, 2.05) is 0 Å². The topological polar surface area (TPSA) is 103 Å². The lowest BCUT2D eigenvalue weighted by atomic mass is 10.1. The number of esters is 1. The fraction of sp³-hybridized carbons (Fsp3) is 0.364. The number of rotatable bonds is 10. The number of unbranched alkanes of at least 4 members (excludes halogenated alkanes) is 3. The van der Waals surface area contributed by atoms with Gasteiger partial charge in [-0.05, 0) is 24.6 Å². The number of amides is 1. The van der Waals surface area contributed by atoms with Crippen LogP contribution >= 0.6 is 0 Å². The lowest BCUT2D eigenvalue weighted by Gasteiger charge is -2.11. The molecule has 0 spiro atoms. The maximum Gasteiger partial charge on any atom is 0.359 e. The Hall–Kier alpha value is -3.42. The third-order valence-corrected chi connectivity index (χ3v) is 4.66. The van der Waals surface area contributed by atoms with Crippen molar-refractivity contribution < 1.29 is 18.7 Å². The second-order valence-corrected chi connectivity index (χ2v) is 6.92. The summed E-state index contributed by atoms with van der Waals surface area (Å²) in [5.74, 6) is -0.615. The number of furan rings is 1. The zero-order valence-corrected chi connectivity index (χ0v) is 16.9. The van der Waals surface area contributed by atoms with Gasteiger partial charge in [0.25, 0.3) is 11.5 Å². The number of carbonyl (C=O) groups is 2. The van der Waals surface area contributed by atoms with Gasteiger partial charge >= 0.3 is 5.97 Å². The molecule has 0 saturated heterocycles. The van der Waals surface area contributed by atoms with E-state index in [2.05, 4.69) is 17.3 Å². The minimum Gasteiger partial charge on any atom is -0.467 e. The number of carbonyl (C=O) groups excluding carboxylic acids is 2. The van der Waals surface area contributed by atoms with Gasteiger partial charge in [0.15, 0.2) is 12.3 Å². The normalized spacial score (nSPS) is 10.8. The summed E-state index contributed by atoms with van der Waals surface area (Å²) in [6, 6.07) is 10.2. The quantitative estimate of drug-likeness (QED) is 0.406. The fourth-order valence-electron chi connectivity index (χ4n) is 3.08. The van der Waals surface area contributed by atoms with E-state index in [1.54, 1.807) is 36.4 Å². The van der Waals surface area contributed by atoms with Crippen molar-refractivity contribution >= 4 is 22.6 Å². The Morgan fingerprint density at radius 2 is 1.90 bits per heavy atom. The average Bonchev–Trinajstić information content (AvgIpc) is 3.29. The zero-order valence-electron chi connectivity index (χ0n) is 16.9. The molecule has 3 aromatic rings. The molecule has 2 heterocycles. The van der Waals surface area contributed by atoms with Gasteiger partial charge in [-0.1, -0.05) is 44.4 Å². The third kappa shape index (κ3) is 5.34. The highest BCUT2D eigenvalue weighted by Gasteiger charge is 2.19. The van der Waals surface area contributed by atoms with E-state index in [4.69, 9.17) is 9.15 Å². The summed E-state index contributed by atoms with van der Waals surface area (Å²) in [6.07, 6.45) is 5.44. The molecule has 1 amide bonds. The van der Waals surface area contributed by atoms with Crippen LogP contribution in [-0.4, -0.2) is 28.3 Å². The second-order valence-electron chi connectivity index (χ2n) is 6.92. The first kappa shape index (κ1) is 21.3. The Morgan fingerprint density at radius 3 is 2.63 bits per heavy atom. The van der Waals surface area contributed by atoms with Crippen molar-refractivity contribution in [1.82, 2.24) is 15.1 Å². The van der Waals surface area contributed by atoms with Crippen molar-refractivity contribution in [1.29, 1.82) is 0 Å². The summed E-state index contributed by atoms with van der Waals surface area (Å²) in [6.45, 7) is 2.28. The predicted molar refractivity (Wildman–Crippen MR) is 111 cm³/mol. The molecule has 0 bridgehead atoms. The minimum absolute atomic E-state index is 0.0273. The summed E-state index contributed by atoms with van der Waals surface area (Å²) in [5.41, 5.74) is -0.214. The molecule has 1 N–H and O–H groups in total. The van der Waals surface area contributed by atoms with E-state index in [0.717, 1.165) is 25.7 Å². The van der Waals surface area contributed by atoms with Crippen LogP contribution in [0.4, 0.5) is 0 Å². The van der Waals surface area contributed by atoms with E-state index < -0.39 is 18.5 Å². The molecule has 8 heteroatoms. The van der Waals surface area contributed by atoms with Crippen molar-refractivity contribution in [2.24, 2.45) is 0 Å². The molecule has 8 nitrogen and oxygen atoms in total. The van der Waals surface area contributed by atoms with Gasteiger partial charge in [-0.2, -0.15) is 5.10 Å². The number of hydrogen-bond donors (Lipinski definition) is 1. The zero-order chi connectivity index (χ0) is 21.3. The fourth-order valence-corrected chi connectivity index (χ4v) is 3.08. The first-order valence-corrected chi connectivity index (χ1v) is 10.1. The Kier molecular flexibility index (Phi) is 7.37. The number of ether oxygens (including phenoxy) is 1. The standard InChI is InChI=1S/C22H25N3O5/c1-2-3-4-7-12-25-21(27)18-11-6-5-10-17(18)20(24-25)22(28)30-15-19(26)23-14-16-9-8-13-29-16/h5-6,8-11,13H,2-4,7,12,14-15H2,1H3,(H,23,26). The van der Waals surface area contributed by atoms with Gasteiger partial charge in [0.05, 0.1) is 18.2 Å². The smallest absolute Gasteiger partial charge is 0.359 e. The van der Waals surface area contributed by atoms with E-state index in [9.17, 15) is 14.4 Å². The molecule has 0 aliphatic rings. The third-order valence-electron chi connectivity index (χ3n) is 4.66. The van der Waals surface area contributed by atoms with E-state index in [-0.39, 0.29) is 17.8 Å². The molecule has 0 aliphatic carbocycles. The van der Waals surface area contributed by atoms with Crippen molar-refractivity contribution in [2.75, 3.05) is 6.61 Å². The summed E-state index contributed by atoms with van der Waals surface area (Å²) < 4.78 is 11.6. The number of nitrogens with one attached hydrogen (secondary N) is 1. The number of hydrogen-bond acceptors (Lipinski definition) is 6. The molecule has 2 aromatic heterocycles. The molecule has 0 saturated carbocycles. The molecule has 0 unspecified atom stereocenters. The van der Waals surface area contributed by atoms with Crippen LogP contribution in [0.1, 0.15) is 48.9 Å². The van der Waals surface area contributed by atoms with Crippen LogP contribution in [0.15, 0.2) is 51.9 Å². The lowest BCUT2D eigenvalue weighted by molar-refractivity contribution is -0.124. The van der Waals surface area contributed by atoms with Crippen LogP contribution in [0, 0.1) is 0 Å². The maximum absolute atomic E-state index is 12.7. The lowest BCUT2D eigenvalue weighted by Crippen LogP contribution is -2.30. The SMILES string of the molecule is CCCCCCn1nc(C(=O)OCC(=O)NCc2ccco2)c2ccccc2c1=O. The largest absolute Gasteiger partial charge is 0.467 e. The van der Waals surface area contributed by atoms with Gasteiger partial charge in [0, 0.05) is 11.9 Å². The van der Waals surface area contributed by atoms with E-state index in [1.165, 1.54) is 10.9 Å². The molecule has 158 valence electrons. The number of aryl methyl sites for hydroxylation is 1. The molecule has 0 aliphatic heterocycles. The van der Waals surface area contributed by atoms with Gasteiger partial charge < -0.3 is 14.5 Å². The van der Waals surface area contributed by atoms with Crippen LogP contribution < -0.4 is 10.9 Å². The highest BCUT2D eigenvalue weighted by Crippen LogP contribution is 2.14. The Morgan fingerprint density at radius 1 is 1.10 bits per heavy atom. The van der Waals surface area contributed by atoms with Gasteiger partial charge in [0.1, 0.15) is 5.76 Å². The maximum atomic E-state index is 12.7. The first-order valence-electron chi connectivity index (χ1n) is 10.1. The van der Waals surface area contributed by atoms with Gasteiger partial charge in [-0.3, -0.25) is 9.59 Å². The molecule has 3 rings (SSSR count). The van der Waals surface area contributed by atoms with Crippen LogP contribution in [0.3, 0.4) is 0 Å². The first-order chi connectivity index (χ1) is 14.6. The molecule has 0 radical (unpaired) electrons. The van der Waals surface area contributed by atoms with Crippen molar-refractivity contribution in [3.05, 3.63) is 64.5 Å². The molecule has 0 atom stereocenters. The summed E-state index contributed by atoms with van der Waals surface area (Å²) in [7, 11) is 0. The highest BCUT2D eigenvalue weighted by atomic mass is 16.5. The minimum atomic E-state index is -0.748. The van der Waals surface area contributed by atoms with Crippen molar-refractivity contribution in [2.45, 2.75) is 45.7 Å². The van der Waals surface area contributed by atoms with Gasteiger partial charge in [-0.15, -0.1) is 0 Å². The number of benzene rings is 1. The number of fused-ring (bicyclic) bond motifs is 1. The summed E-state index contributed by atoms with van der Waals surface area (Å²) in [5, 5.41) is 7.66. The predicted octanol–water partition coefficient (Wildman–Crippen LogP) is 3.04. The highest BCUT2D eigenvalue weighted by molar-refractivity contribution is 6.02. The van der Waals surface area contributed by atoms with Crippen LogP contribution in [0.25, 0.3) is 10.8 Å². The Labute approximate surface area is 173 Å². The monoisotopic (exact) mass is 411 g/mol. The van der Waals surface area contributed by atoms with Gasteiger partial charge in [0.2, 0.25) is 0 Å². The summed E-state index contributed by atoms with van der Waals surface area (Å²) in [4.78, 5) is 37.3. The second kappa shape index (κ2) is 10.4. The Balaban J connectivity index is 1.71. The van der Waals surface area contributed by atoms with Crippen molar-refractivity contribution in [3.63, 3.8) is 0 Å². The molecule has 0 fully saturated rings. The molecular weight excluding hydrogens is 386 g/mol. The Bertz CT molecular complexity index is 1060. The number of nitrogens with zero attached hydrogens (tertiary/aromatic N) is 2. The molecular formula is C22H25N3O5. The molecule has 1 aromatic carbocycles. The summed E-state index contributed by atoms with van der Waals surface area (Å²) >= 11 is 0. The van der Waals surface area contributed by atoms with E-state index >= 15 is 0 Å². The van der Waals surface area contributed by atoms with Crippen LogP contribution in [-0.2, 0) is 22.6 Å². The average molecular weight is 411 g/mol. The van der Waals surface area contributed by atoms with E-state index in [0.29, 0.717) is 23.1 Å². The van der Waals surface area contributed by atoms with Crippen LogP contribution in [0.2, 0.25) is 0 Å². The number of aromatic nitrogens is 2. The van der Waals surface area contributed by atoms with Crippen LogP contribution in [0.5, 0.6) is 0 Å². The van der Waals surface area contributed by atoms with Crippen molar-refractivity contribution in [3.8, 4) is 0 Å². The molecule has 30 heavy (non-hydrogen) atoms. The van der Waals surface area contributed by atoms with Gasteiger partial charge in [-0.25, -0.2) is 9.48 Å².